The lowest BCUT2D eigenvalue weighted by molar-refractivity contribution is -0.143. The van der Waals surface area contributed by atoms with Crippen molar-refractivity contribution in [1.29, 1.82) is 0 Å². The van der Waals surface area contributed by atoms with Crippen LogP contribution >= 0.6 is 0 Å². The maximum atomic E-state index is 13.4. The van der Waals surface area contributed by atoms with Crippen molar-refractivity contribution in [3.05, 3.63) is 59.3 Å². The van der Waals surface area contributed by atoms with E-state index >= 15 is 0 Å². The van der Waals surface area contributed by atoms with Crippen LogP contribution in [0, 0.1) is 18.8 Å². The molecule has 3 N–H and O–H groups in total. The molecule has 2 aliphatic heterocycles. The van der Waals surface area contributed by atoms with Crippen LogP contribution in [-0.4, -0.2) is 79.2 Å². The molecule has 2 aliphatic carbocycles. The van der Waals surface area contributed by atoms with Crippen molar-refractivity contribution in [2.75, 3.05) is 26.2 Å². The summed E-state index contributed by atoms with van der Waals surface area (Å²) < 4.78 is 4.40. The molecule has 2 saturated carbocycles. The Morgan fingerprint density at radius 2 is 1.80 bits per heavy atom. The Morgan fingerprint density at radius 1 is 1.00 bits per heavy atom. The molecule has 4 aromatic rings. The van der Waals surface area contributed by atoms with Crippen molar-refractivity contribution in [2.45, 2.75) is 82.9 Å². The molecule has 0 spiro atoms. The number of pyridine rings is 1. The maximum absolute atomic E-state index is 13.4. The number of fused-ring (bicyclic) bond motifs is 2. The fraction of sp³-hybridized carbons (Fsp3) is 0.528. The molecule has 4 aliphatic rings. The predicted molar refractivity (Wildman–Crippen MR) is 174 cm³/mol. The van der Waals surface area contributed by atoms with E-state index in [-0.39, 0.29) is 29.9 Å². The number of hydrogen-bond donors (Lipinski definition) is 2. The SMILES string of the molecule is Cc1c(-c2cc3cccc(C4CCN(C(=O)C5CC(O)C5)CC4)c3n2CC2CC2)nn2cc(C(=O)N3CCCC(N)C3)ccc12. The normalized spacial score (nSPS) is 24.4. The zero-order chi connectivity index (χ0) is 30.8. The number of benzene rings is 1. The van der Waals surface area contributed by atoms with Gasteiger partial charge in [-0.25, -0.2) is 4.52 Å². The lowest BCUT2D eigenvalue weighted by Gasteiger charge is -2.38. The number of likely N-dealkylation sites (tertiary alicyclic amines) is 2. The summed E-state index contributed by atoms with van der Waals surface area (Å²) in [5.41, 5.74) is 13.7. The predicted octanol–water partition coefficient (Wildman–Crippen LogP) is 4.71. The van der Waals surface area contributed by atoms with E-state index in [2.05, 4.69) is 35.8 Å². The van der Waals surface area contributed by atoms with Gasteiger partial charge in [0.25, 0.3) is 5.91 Å². The standard InChI is InChI=1S/C36H44N6O3/c1-22-31-10-9-26(35(44)40-13-3-5-28(37)21-40)20-42(31)38-33(22)32-18-25-4-2-6-30(34(25)41(32)19-23-7-8-23)24-11-14-39(15-12-24)36(45)27-16-29(43)17-27/h2,4,6,9-10,18,20,23-24,27-29,43H,3,5,7-8,11-17,19,21,37H2,1H3. The first-order valence-electron chi connectivity index (χ1n) is 17.0. The summed E-state index contributed by atoms with van der Waals surface area (Å²) in [5, 5.41) is 16.0. The third-order valence-corrected chi connectivity index (χ3v) is 10.9. The molecule has 3 aromatic heterocycles. The van der Waals surface area contributed by atoms with Crippen LogP contribution in [0.4, 0.5) is 0 Å². The Bertz CT molecular complexity index is 1770. The number of aryl methyl sites for hydroxylation is 1. The zero-order valence-corrected chi connectivity index (χ0v) is 26.2. The van der Waals surface area contributed by atoms with Crippen LogP contribution in [0.3, 0.4) is 0 Å². The highest BCUT2D eigenvalue weighted by molar-refractivity contribution is 5.95. The molecule has 236 valence electrons. The summed E-state index contributed by atoms with van der Waals surface area (Å²) in [7, 11) is 0. The molecule has 0 bridgehead atoms. The first kappa shape index (κ1) is 28.8. The second-order valence-electron chi connectivity index (χ2n) is 14.2. The zero-order valence-electron chi connectivity index (χ0n) is 26.2. The summed E-state index contributed by atoms with van der Waals surface area (Å²) >= 11 is 0. The quantitative estimate of drug-likeness (QED) is 0.330. The molecule has 2 saturated heterocycles. The highest BCUT2D eigenvalue weighted by Crippen LogP contribution is 2.41. The van der Waals surface area contributed by atoms with E-state index in [1.807, 2.05) is 32.6 Å². The molecule has 4 fully saturated rings. The van der Waals surface area contributed by atoms with Crippen molar-refractivity contribution in [3.63, 3.8) is 0 Å². The van der Waals surface area contributed by atoms with Gasteiger partial charge in [-0.2, -0.15) is 5.10 Å². The van der Waals surface area contributed by atoms with Crippen LogP contribution < -0.4 is 5.73 Å². The first-order valence-corrected chi connectivity index (χ1v) is 17.0. The van der Waals surface area contributed by atoms with Gasteiger partial charge in [0.15, 0.2) is 0 Å². The molecule has 5 heterocycles. The summed E-state index contributed by atoms with van der Waals surface area (Å²) in [6.45, 7) is 6.01. The van der Waals surface area contributed by atoms with E-state index in [1.165, 1.54) is 29.3 Å². The molecule has 9 nitrogen and oxygen atoms in total. The highest BCUT2D eigenvalue weighted by Gasteiger charge is 2.37. The fourth-order valence-corrected chi connectivity index (χ4v) is 8.01. The summed E-state index contributed by atoms with van der Waals surface area (Å²) in [6.07, 6.45) is 9.14. The Labute approximate surface area is 264 Å². The minimum atomic E-state index is -0.303. The number of piperidine rings is 2. The molecule has 1 unspecified atom stereocenters. The van der Waals surface area contributed by atoms with Gasteiger partial charge in [0, 0.05) is 61.8 Å². The fourth-order valence-electron chi connectivity index (χ4n) is 8.01. The summed E-state index contributed by atoms with van der Waals surface area (Å²) in [6, 6.07) is 13.0. The Hall–Kier alpha value is -3.69. The van der Waals surface area contributed by atoms with Crippen LogP contribution in [0.1, 0.15) is 78.8 Å². The molecule has 2 amide bonds. The topological polar surface area (TPSA) is 109 Å². The number of aliphatic hydroxyl groups is 1. The van der Waals surface area contributed by atoms with Gasteiger partial charge in [0.1, 0.15) is 5.69 Å². The van der Waals surface area contributed by atoms with E-state index in [0.717, 1.165) is 74.3 Å². The van der Waals surface area contributed by atoms with Crippen molar-refractivity contribution >= 4 is 28.2 Å². The molecular formula is C36H44N6O3. The van der Waals surface area contributed by atoms with Crippen LogP contribution in [-0.2, 0) is 11.3 Å². The van der Waals surface area contributed by atoms with Gasteiger partial charge >= 0.3 is 0 Å². The maximum Gasteiger partial charge on any atom is 0.255 e. The first-order chi connectivity index (χ1) is 21.8. The van der Waals surface area contributed by atoms with Crippen molar-refractivity contribution in [2.24, 2.45) is 17.6 Å². The lowest BCUT2D eigenvalue weighted by Crippen LogP contribution is -2.46. The van der Waals surface area contributed by atoms with Crippen molar-refractivity contribution < 1.29 is 14.7 Å². The number of aliphatic hydroxyl groups excluding tert-OH is 1. The Morgan fingerprint density at radius 3 is 2.53 bits per heavy atom. The van der Waals surface area contributed by atoms with E-state index in [1.54, 1.807) is 0 Å². The van der Waals surface area contributed by atoms with Gasteiger partial charge in [0.2, 0.25) is 5.91 Å². The second-order valence-corrected chi connectivity index (χ2v) is 14.2. The van der Waals surface area contributed by atoms with E-state index in [0.29, 0.717) is 36.8 Å². The van der Waals surface area contributed by atoms with E-state index in [9.17, 15) is 14.7 Å². The lowest BCUT2D eigenvalue weighted by atomic mass is 9.80. The number of nitrogens with zero attached hydrogens (tertiary/aromatic N) is 5. The number of carbonyl (C=O) groups is 2. The number of amides is 2. The molecule has 45 heavy (non-hydrogen) atoms. The largest absolute Gasteiger partial charge is 0.393 e. The van der Waals surface area contributed by atoms with Gasteiger partial charge in [-0.3, -0.25) is 9.59 Å². The van der Waals surface area contributed by atoms with Gasteiger partial charge < -0.3 is 25.2 Å². The van der Waals surface area contributed by atoms with Gasteiger partial charge in [-0.15, -0.1) is 0 Å². The number of nitrogens with two attached hydrogens (primary N) is 1. The number of aromatic nitrogens is 3. The molecule has 9 heteroatoms. The number of carbonyl (C=O) groups excluding carboxylic acids is 2. The highest BCUT2D eigenvalue weighted by atomic mass is 16.3. The van der Waals surface area contributed by atoms with E-state index < -0.39 is 0 Å². The molecular weight excluding hydrogens is 564 g/mol. The number of rotatable bonds is 6. The minimum Gasteiger partial charge on any atom is -0.393 e. The van der Waals surface area contributed by atoms with Crippen LogP contribution in [0.25, 0.3) is 27.8 Å². The minimum absolute atomic E-state index is 0.00393. The van der Waals surface area contributed by atoms with Crippen molar-refractivity contribution in [3.8, 4) is 11.4 Å². The molecule has 0 radical (unpaired) electrons. The average molecular weight is 609 g/mol. The van der Waals surface area contributed by atoms with Crippen LogP contribution in [0.2, 0.25) is 0 Å². The summed E-state index contributed by atoms with van der Waals surface area (Å²) in [5.74, 6) is 1.32. The molecule has 8 rings (SSSR count). The van der Waals surface area contributed by atoms with Crippen molar-refractivity contribution in [1.82, 2.24) is 24.0 Å². The van der Waals surface area contributed by atoms with Crippen LogP contribution in [0.15, 0.2) is 42.6 Å². The van der Waals surface area contributed by atoms with Crippen LogP contribution in [0.5, 0.6) is 0 Å². The van der Waals surface area contributed by atoms with Gasteiger partial charge in [0.05, 0.1) is 28.4 Å². The smallest absolute Gasteiger partial charge is 0.255 e. The third kappa shape index (κ3) is 5.23. The molecule has 1 atom stereocenters. The number of hydrogen-bond acceptors (Lipinski definition) is 5. The third-order valence-electron chi connectivity index (χ3n) is 10.9. The van der Waals surface area contributed by atoms with Gasteiger partial charge in [-0.1, -0.05) is 18.2 Å². The Balaban J connectivity index is 1.12. The molecule has 1 aromatic carbocycles. The van der Waals surface area contributed by atoms with E-state index in [4.69, 9.17) is 10.8 Å². The Kier molecular flexibility index (Phi) is 7.21. The second kappa shape index (κ2) is 11.3. The van der Waals surface area contributed by atoms with Gasteiger partial charge in [-0.05, 0) is 93.9 Å². The average Bonchev–Trinajstić information content (AvgIpc) is 3.71. The number of para-hydroxylation sites is 1. The summed E-state index contributed by atoms with van der Waals surface area (Å²) in [4.78, 5) is 30.2. The monoisotopic (exact) mass is 608 g/mol.